The zero-order chi connectivity index (χ0) is 28.5. The molecule has 3 amide bonds. The van der Waals surface area contributed by atoms with Crippen molar-refractivity contribution in [3.63, 3.8) is 0 Å². The van der Waals surface area contributed by atoms with Gasteiger partial charge in [0, 0.05) is 37.4 Å². The second kappa shape index (κ2) is 13.8. The maximum absolute atomic E-state index is 13.3. The third kappa shape index (κ3) is 8.23. The Morgan fingerprint density at radius 1 is 0.750 bits per heavy atom. The molecule has 0 aliphatic carbocycles. The van der Waals surface area contributed by atoms with E-state index in [-0.39, 0.29) is 17.4 Å². The predicted octanol–water partition coefficient (Wildman–Crippen LogP) is 7.44. The van der Waals surface area contributed by atoms with Gasteiger partial charge in [0.05, 0.1) is 5.75 Å². The van der Waals surface area contributed by atoms with E-state index in [2.05, 4.69) is 16.0 Å². The van der Waals surface area contributed by atoms with Crippen molar-refractivity contribution in [1.29, 1.82) is 0 Å². The molecule has 4 aromatic carbocycles. The Hall–Kier alpha value is -4.04. The predicted molar refractivity (Wildman–Crippen MR) is 164 cm³/mol. The summed E-state index contributed by atoms with van der Waals surface area (Å²) in [5.41, 5.74) is 3.13. The first-order valence-corrected chi connectivity index (χ1v) is 14.0. The van der Waals surface area contributed by atoms with Gasteiger partial charge in [-0.1, -0.05) is 65.2 Å². The number of anilines is 2. The van der Waals surface area contributed by atoms with E-state index in [1.807, 2.05) is 31.2 Å². The Kier molecular flexibility index (Phi) is 10.0. The molecule has 0 aromatic heterocycles. The molecule has 0 spiro atoms. The molecule has 202 valence electrons. The number of hydrogen-bond donors (Lipinski definition) is 3. The van der Waals surface area contributed by atoms with Crippen LogP contribution in [0, 0.1) is 6.92 Å². The van der Waals surface area contributed by atoms with Gasteiger partial charge in [-0.2, -0.15) is 0 Å². The van der Waals surface area contributed by atoms with Crippen LogP contribution in [0.25, 0.3) is 6.08 Å². The summed E-state index contributed by atoms with van der Waals surface area (Å²) in [6, 6.07) is 28.2. The first kappa shape index (κ1) is 29.0. The summed E-state index contributed by atoms with van der Waals surface area (Å²) in [6.07, 6.45) is 1.44. The molecule has 0 aliphatic heterocycles. The minimum absolute atomic E-state index is 0.0323. The van der Waals surface area contributed by atoms with Gasteiger partial charge in [-0.3, -0.25) is 14.4 Å². The van der Waals surface area contributed by atoms with E-state index in [1.54, 1.807) is 72.8 Å². The average molecular weight is 591 g/mol. The van der Waals surface area contributed by atoms with Crippen molar-refractivity contribution in [3.8, 4) is 0 Å². The van der Waals surface area contributed by atoms with Crippen molar-refractivity contribution in [2.45, 2.75) is 11.8 Å². The molecule has 4 aromatic rings. The maximum Gasteiger partial charge on any atom is 0.272 e. The Bertz CT molecular complexity index is 1520. The van der Waals surface area contributed by atoms with Crippen molar-refractivity contribution in [3.05, 3.63) is 129 Å². The zero-order valence-corrected chi connectivity index (χ0v) is 23.7. The van der Waals surface area contributed by atoms with E-state index >= 15 is 0 Å². The number of carbonyl (C=O) groups is 3. The fourth-order valence-corrected chi connectivity index (χ4v) is 4.76. The van der Waals surface area contributed by atoms with E-state index in [9.17, 15) is 14.4 Å². The van der Waals surface area contributed by atoms with Crippen molar-refractivity contribution in [2.24, 2.45) is 0 Å². The monoisotopic (exact) mass is 589 g/mol. The average Bonchev–Trinajstić information content (AvgIpc) is 2.95. The van der Waals surface area contributed by atoms with Crippen LogP contribution in [0.1, 0.15) is 21.5 Å². The first-order valence-electron chi connectivity index (χ1n) is 12.2. The summed E-state index contributed by atoms with van der Waals surface area (Å²) in [4.78, 5) is 39.3. The van der Waals surface area contributed by atoms with Gasteiger partial charge in [0.1, 0.15) is 5.70 Å². The normalized spacial score (nSPS) is 11.0. The Morgan fingerprint density at radius 2 is 1.35 bits per heavy atom. The standard InChI is InChI=1S/C31H25Cl2N3O3S/c1-20-10-12-22(13-11-20)34-29(37)19-40-24-16-14-23(15-17-24)35-31(39)28(18-25-26(32)8-5-9-27(25)33)36-30(38)21-6-3-2-4-7-21/h2-18H,19H2,1H3,(H,34,37)(H,35,39)(H,36,38)/b28-18-. The lowest BCUT2D eigenvalue weighted by Gasteiger charge is -2.13. The maximum atomic E-state index is 13.3. The van der Waals surface area contributed by atoms with E-state index < -0.39 is 11.8 Å². The van der Waals surface area contributed by atoms with E-state index in [0.29, 0.717) is 26.9 Å². The molecule has 40 heavy (non-hydrogen) atoms. The van der Waals surface area contributed by atoms with Crippen LogP contribution in [-0.4, -0.2) is 23.5 Å². The fourth-order valence-electron chi connectivity index (χ4n) is 3.55. The molecule has 6 nitrogen and oxygen atoms in total. The number of amides is 3. The zero-order valence-electron chi connectivity index (χ0n) is 21.4. The SMILES string of the molecule is Cc1ccc(NC(=O)CSc2ccc(NC(=O)/C(=C/c3c(Cl)cccc3Cl)NC(=O)c3ccccc3)cc2)cc1. The van der Waals surface area contributed by atoms with Crippen LogP contribution in [0.15, 0.2) is 108 Å². The number of benzene rings is 4. The Morgan fingerprint density at radius 3 is 2.00 bits per heavy atom. The number of rotatable bonds is 9. The molecule has 0 unspecified atom stereocenters. The van der Waals surface area contributed by atoms with Crippen LogP contribution in [0.5, 0.6) is 0 Å². The van der Waals surface area contributed by atoms with Crippen LogP contribution in [0.4, 0.5) is 11.4 Å². The molecular formula is C31H25Cl2N3O3S. The summed E-state index contributed by atoms with van der Waals surface area (Å²) >= 11 is 14.0. The minimum atomic E-state index is -0.557. The number of hydrogen-bond acceptors (Lipinski definition) is 4. The van der Waals surface area contributed by atoms with Crippen LogP contribution >= 0.6 is 35.0 Å². The first-order chi connectivity index (χ1) is 19.3. The molecule has 0 bridgehead atoms. The third-order valence-corrected chi connectivity index (χ3v) is 7.31. The van der Waals surface area contributed by atoms with Crippen LogP contribution in [0.2, 0.25) is 10.0 Å². The highest BCUT2D eigenvalue weighted by molar-refractivity contribution is 8.00. The minimum Gasteiger partial charge on any atom is -0.325 e. The smallest absolute Gasteiger partial charge is 0.272 e. The molecular weight excluding hydrogens is 565 g/mol. The second-order valence-electron chi connectivity index (χ2n) is 8.69. The third-order valence-electron chi connectivity index (χ3n) is 5.63. The fraction of sp³-hybridized carbons (Fsp3) is 0.0645. The van der Waals surface area contributed by atoms with Crippen LogP contribution < -0.4 is 16.0 Å². The van der Waals surface area contributed by atoms with Gasteiger partial charge in [0.15, 0.2) is 0 Å². The lowest BCUT2D eigenvalue weighted by molar-refractivity contribution is -0.114. The van der Waals surface area contributed by atoms with Crippen molar-refractivity contribution < 1.29 is 14.4 Å². The molecule has 3 N–H and O–H groups in total. The van der Waals surface area contributed by atoms with E-state index in [4.69, 9.17) is 23.2 Å². The highest BCUT2D eigenvalue weighted by Gasteiger charge is 2.17. The summed E-state index contributed by atoms with van der Waals surface area (Å²) in [7, 11) is 0. The molecule has 0 saturated carbocycles. The summed E-state index contributed by atoms with van der Waals surface area (Å²) in [5.74, 6) is -0.899. The quantitative estimate of drug-likeness (QED) is 0.140. The molecule has 0 atom stereocenters. The second-order valence-corrected chi connectivity index (χ2v) is 10.6. The van der Waals surface area contributed by atoms with Crippen LogP contribution in [0.3, 0.4) is 0 Å². The highest BCUT2D eigenvalue weighted by Crippen LogP contribution is 2.27. The number of nitrogens with one attached hydrogen (secondary N) is 3. The van der Waals surface area contributed by atoms with Crippen molar-refractivity contribution in [1.82, 2.24) is 5.32 Å². The van der Waals surface area contributed by atoms with Crippen molar-refractivity contribution >= 4 is 70.1 Å². The highest BCUT2D eigenvalue weighted by atomic mass is 35.5. The largest absolute Gasteiger partial charge is 0.325 e. The van der Waals surface area contributed by atoms with Gasteiger partial charge < -0.3 is 16.0 Å². The van der Waals surface area contributed by atoms with Gasteiger partial charge in [-0.05, 0) is 73.7 Å². The molecule has 0 fully saturated rings. The lowest BCUT2D eigenvalue weighted by Crippen LogP contribution is -2.30. The molecule has 0 radical (unpaired) electrons. The van der Waals surface area contributed by atoms with Gasteiger partial charge >= 0.3 is 0 Å². The van der Waals surface area contributed by atoms with Gasteiger partial charge in [0.2, 0.25) is 5.91 Å². The lowest BCUT2D eigenvalue weighted by atomic mass is 10.1. The van der Waals surface area contributed by atoms with Gasteiger partial charge in [-0.15, -0.1) is 11.8 Å². The molecule has 0 aliphatic rings. The van der Waals surface area contributed by atoms with Crippen molar-refractivity contribution in [2.75, 3.05) is 16.4 Å². The number of thioether (sulfide) groups is 1. The summed E-state index contributed by atoms with van der Waals surface area (Å²) in [5, 5.41) is 8.99. The Balaban J connectivity index is 1.43. The van der Waals surface area contributed by atoms with E-state index in [0.717, 1.165) is 16.1 Å². The van der Waals surface area contributed by atoms with Gasteiger partial charge in [-0.25, -0.2) is 0 Å². The van der Waals surface area contributed by atoms with E-state index in [1.165, 1.54) is 17.8 Å². The Labute approximate surface area is 246 Å². The molecule has 0 heterocycles. The topological polar surface area (TPSA) is 87.3 Å². The van der Waals surface area contributed by atoms with Gasteiger partial charge in [0.25, 0.3) is 11.8 Å². The number of carbonyl (C=O) groups excluding carboxylic acids is 3. The molecule has 9 heteroatoms. The summed E-state index contributed by atoms with van der Waals surface area (Å²) in [6.45, 7) is 1.99. The summed E-state index contributed by atoms with van der Waals surface area (Å²) < 4.78 is 0. The number of halogens is 2. The number of aryl methyl sites for hydroxylation is 1. The molecule has 0 saturated heterocycles. The van der Waals surface area contributed by atoms with Crippen LogP contribution in [-0.2, 0) is 9.59 Å². The molecule has 4 rings (SSSR count).